The van der Waals surface area contributed by atoms with E-state index in [1.165, 1.54) is 22.4 Å². The number of piperidine rings is 1. The monoisotopic (exact) mass is 507 g/mol. The molecule has 0 radical (unpaired) electrons. The molecule has 1 fully saturated rings. The number of aromatic nitrogens is 3. The van der Waals surface area contributed by atoms with E-state index in [-0.39, 0.29) is 5.41 Å². The normalized spacial score (nSPS) is 18.3. The Bertz CT molecular complexity index is 1450. The van der Waals surface area contributed by atoms with Crippen LogP contribution in [0, 0.1) is 5.41 Å². The van der Waals surface area contributed by atoms with Crippen molar-refractivity contribution in [2.75, 3.05) is 32.2 Å². The van der Waals surface area contributed by atoms with E-state index in [0.29, 0.717) is 5.88 Å². The molecule has 0 saturated carbocycles. The molecule has 0 unspecified atom stereocenters. The zero-order valence-electron chi connectivity index (χ0n) is 22.5. The lowest BCUT2D eigenvalue weighted by Crippen LogP contribution is -2.43. The van der Waals surface area contributed by atoms with E-state index in [9.17, 15) is 0 Å². The first-order valence-corrected chi connectivity index (χ1v) is 13.2. The number of ether oxygens (including phenoxy) is 2. The molecule has 0 spiro atoms. The lowest BCUT2D eigenvalue weighted by Gasteiger charge is -2.40. The molecule has 2 aliphatic heterocycles. The third-order valence-electron chi connectivity index (χ3n) is 8.32. The molecule has 3 aliphatic rings. The summed E-state index contributed by atoms with van der Waals surface area (Å²) in [6, 6.07) is 12.3. The van der Waals surface area contributed by atoms with E-state index in [4.69, 9.17) is 19.5 Å². The summed E-state index contributed by atoms with van der Waals surface area (Å²) in [4.78, 5) is 21.2. The highest BCUT2D eigenvalue weighted by Crippen LogP contribution is 2.43. The quantitative estimate of drug-likeness (QED) is 0.416. The fourth-order valence-electron chi connectivity index (χ4n) is 5.80. The molecule has 0 amide bonds. The highest BCUT2D eigenvalue weighted by atomic mass is 16.5. The number of nitrogens with zero attached hydrogens (tertiary/aromatic N) is 5. The van der Waals surface area contributed by atoms with Crippen molar-refractivity contribution in [1.29, 1.82) is 0 Å². The fourth-order valence-corrected chi connectivity index (χ4v) is 5.80. The molecule has 194 valence electrons. The number of fused-ring (bicyclic) bond motifs is 1. The fraction of sp³-hybridized carbons (Fsp3) is 0.355. The molecule has 1 aromatic carbocycles. The van der Waals surface area contributed by atoms with Crippen molar-refractivity contribution in [3.8, 4) is 11.6 Å². The van der Waals surface area contributed by atoms with E-state index in [2.05, 4.69) is 53.0 Å². The maximum Gasteiger partial charge on any atom is 0.212 e. The minimum atomic E-state index is 0.0813. The number of methoxy groups -OCH3 is 2. The maximum atomic E-state index is 5.33. The number of benzene rings is 1. The van der Waals surface area contributed by atoms with E-state index < -0.39 is 0 Å². The zero-order valence-corrected chi connectivity index (χ0v) is 22.5. The summed E-state index contributed by atoms with van der Waals surface area (Å²) >= 11 is 0. The molecule has 38 heavy (non-hydrogen) atoms. The van der Waals surface area contributed by atoms with Crippen LogP contribution in [0.4, 0.5) is 5.82 Å². The maximum absolute atomic E-state index is 5.33. The molecular weight excluding hydrogens is 474 g/mol. The van der Waals surface area contributed by atoms with Gasteiger partial charge in [0.1, 0.15) is 17.9 Å². The van der Waals surface area contributed by atoms with Gasteiger partial charge in [-0.15, -0.1) is 0 Å². The van der Waals surface area contributed by atoms with Crippen LogP contribution in [-0.2, 0) is 6.42 Å². The van der Waals surface area contributed by atoms with Crippen LogP contribution in [0.1, 0.15) is 55.5 Å². The Balaban J connectivity index is 1.16. The first-order valence-electron chi connectivity index (χ1n) is 13.2. The van der Waals surface area contributed by atoms with Crippen molar-refractivity contribution in [3.05, 3.63) is 77.0 Å². The molecule has 3 aromatic rings. The number of pyridine rings is 1. The van der Waals surface area contributed by atoms with Crippen molar-refractivity contribution < 1.29 is 9.47 Å². The van der Waals surface area contributed by atoms with Gasteiger partial charge in [-0.05, 0) is 66.3 Å². The first-order chi connectivity index (χ1) is 18.5. The van der Waals surface area contributed by atoms with Crippen molar-refractivity contribution in [2.24, 2.45) is 10.4 Å². The number of aliphatic imine (C=N–C) groups is 1. The Labute approximate surface area is 224 Å². The van der Waals surface area contributed by atoms with E-state index >= 15 is 0 Å². The average Bonchev–Trinajstić information content (AvgIpc) is 3.58. The van der Waals surface area contributed by atoms with Crippen LogP contribution >= 0.6 is 0 Å². The number of rotatable bonds is 6. The molecule has 7 heteroatoms. The van der Waals surface area contributed by atoms with E-state index in [1.807, 2.05) is 24.4 Å². The van der Waals surface area contributed by atoms with Crippen LogP contribution in [-0.4, -0.2) is 48.0 Å². The summed E-state index contributed by atoms with van der Waals surface area (Å²) in [6.07, 6.45) is 9.62. The van der Waals surface area contributed by atoms with Gasteiger partial charge in [-0.3, -0.25) is 4.99 Å². The third kappa shape index (κ3) is 4.36. The van der Waals surface area contributed by atoms with Crippen LogP contribution in [0.15, 0.2) is 59.6 Å². The van der Waals surface area contributed by atoms with Crippen LogP contribution in [0.25, 0.3) is 17.2 Å². The van der Waals surface area contributed by atoms with Crippen LogP contribution in [0.3, 0.4) is 0 Å². The molecule has 7 nitrogen and oxygen atoms in total. The number of hydrogen-bond donors (Lipinski definition) is 0. The van der Waals surface area contributed by atoms with Gasteiger partial charge in [0.25, 0.3) is 0 Å². The lowest BCUT2D eigenvalue weighted by molar-refractivity contribution is 0.351. The summed E-state index contributed by atoms with van der Waals surface area (Å²) in [5, 5.41) is 0. The Morgan fingerprint density at radius 1 is 0.868 bits per heavy atom. The number of allylic oxidation sites excluding steroid dienone is 3. The second kappa shape index (κ2) is 9.71. The molecule has 2 aromatic heterocycles. The summed E-state index contributed by atoms with van der Waals surface area (Å²) in [6.45, 7) is 6.41. The average molecular weight is 508 g/mol. The molecule has 6 rings (SSSR count). The molecule has 0 atom stereocenters. The van der Waals surface area contributed by atoms with Crippen molar-refractivity contribution in [3.63, 3.8) is 0 Å². The Morgan fingerprint density at radius 2 is 1.63 bits per heavy atom. The largest absolute Gasteiger partial charge is 0.497 e. The minimum absolute atomic E-state index is 0.0813. The van der Waals surface area contributed by atoms with Gasteiger partial charge in [0, 0.05) is 60.6 Å². The molecule has 0 N–H and O–H groups in total. The van der Waals surface area contributed by atoms with Gasteiger partial charge in [-0.1, -0.05) is 19.1 Å². The van der Waals surface area contributed by atoms with Gasteiger partial charge in [-0.25, -0.2) is 15.0 Å². The summed E-state index contributed by atoms with van der Waals surface area (Å²) in [5.41, 5.74) is 9.61. The van der Waals surface area contributed by atoms with Gasteiger partial charge >= 0.3 is 0 Å². The van der Waals surface area contributed by atoms with Gasteiger partial charge in [-0.2, -0.15) is 0 Å². The van der Waals surface area contributed by atoms with Crippen LogP contribution < -0.4 is 14.4 Å². The Hall–Kier alpha value is -4.00. The molecular formula is C31H33N5O2. The topological polar surface area (TPSA) is 72.7 Å². The van der Waals surface area contributed by atoms with Crippen molar-refractivity contribution >= 4 is 28.8 Å². The predicted molar refractivity (Wildman–Crippen MR) is 152 cm³/mol. The molecule has 4 heterocycles. The highest BCUT2D eigenvalue weighted by Gasteiger charge is 2.38. The number of anilines is 1. The smallest absolute Gasteiger partial charge is 0.212 e. The van der Waals surface area contributed by atoms with E-state index in [1.54, 1.807) is 20.5 Å². The van der Waals surface area contributed by atoms with E-state index in [0.717, 1.165) is 72.9 Å². The second-order valence-electron chi connectivity index (χ2n) is 10.6. The van der Waals surface area contributed by atoms with Crippen LogP contribution in [0.2, 0.25) is 0 Å². The minimum Gasteiger partial charge on any atom is -0.497 e. The van der Waals surface area contributed by atoms with Gasteiger partial charge in [0.15, 0.2) is 0 Å². The second-order valence-corrected chi connectivity index (χ2v) is 10.6. The van der Waals surface area contributed by atoms with Crippen LogP contribution in [0.5, 0.6) is 11.6 Å². The molecule has 0 bridgehead atoms. The molecule has 1 aliphatic carbocycles. The molecule has 1 saturated heterocycles. The summed E-state index contributed by atoms with van der Waals surface area (Å²) < 4.78 is 10.5. The standard InChI is InChI=1S/C31H33N5O2/c1-20-25(21-5-8-24(37-3)9-6-21)17-28(35-20)31(2)11-13-36(14-12-31)30-26-15-23(16-27(26)33-19-34-30)22-7-10-29(38-4)32-18-22/h5-10,15,18-19H,11-14,16-17H2,1-4H3. The van der Waals surface area contributed by atoms with Crippen molar-refractivity contribution in [2.45, 2.75) is 39.5 Å². The van der Waals surface area contributed by atoms with Gasteiger partial charge < -0.3 is 14.4 Å². The number of hydrogen-bond acceptors (Lipinski definition) is 7. The van der Waals surface area contributed by atoms with Gasteiger partial charge in [0.05, 0.1) is 19.9 Å². The SMILES string of the molecule is COc1ccc(C2=C(C)N=C(C3(C)CCN(c4ncnc5c4C=C(c4ccc(OC)nc4)C5)CC3)C2)cc1. The Morgan fingerprint density at radius 3 is 2.32 bits per heavy atom. The van der Waals surface area contributed by atoms with Crippen molar-refractivity contribution in [1.82, 2.24) is 15.0 Å². The van der Waals surface area contributed by atoms with Gasteiger partial charge in [0.2, 0.25) is 5.88 Å². The summed E-state index contributed by atoms with van der Waals surface area (Å²) in [7, 11) is 3.34. The first kappa shape index (κ1) is 24.3. The summed E-state index contributed by atoms with van der Waals surface area (Å²) in [5.74, 6) is 2.54. The predicted octanol–water partition coefficient (Wildman–Crippen LogP) is 5.87. The lowest BCUT2D eigenvalue weighted by atomic mass is 9.74. The zero-order chi connectivity index (χ0) is 26.3. The third-order valence-corrected chi connectivity index (χ3v) is 8.32. The Kier molecular flexibility index (Phi) is 6.22. The highest BCUT2D eigenvalue weighted by molar-refractivity contribution is 6.03.